The van der Waals surface area contributed by atoms with Crippen molar-refractivity contribution in [3.63, 3.8) is 0 Å². The van der Waals surface area contributed by atoms with Gasteiger partial charge >= 0.3 is 0 Å². The van der Waals surface area contributed by atoms with E-state index in [-0.39, 0.29) is 0 Å². The van der Waals surface area contributed by atoms with Crippen LogP contribution in [-0.2, 0) is 6.54 Å². The van der Waals surface area contributed by atoms with Gasteiger partial charge in [0.15, 0.2) is 11.6 Å². The molecule has 2 aromatic heterocycles. The summed E-state index contributed by atoms with van der Waals surface area (Å²) in [5.74, 6) is 8.26. The number of hydrogen-bond acceptors (Lipinski definition) is 5. The average Bonchev–Trinajstić information content (AvgIpc) is 3.54. The van der Waals surface area contributed by atoms with Crippen LogP contribution in [0.4, 0.5) is 0 Å². The quantitative estimate of drug-likeness (QED) is 0.411. The summed E-state index contributed by atoms with van der Waals surface area (Å²) in [7, 11) is 0. The molecule has 0 aliphatic heterocycles. The Kier molecular flexibility index (Phi) is 5.72. The van der Waals surface area contributed by atoms with Crippen LogP contribution in [0.2, 0.25) is 0 Å². The molecule has 0 spiro atoms. The summed E-state index contributed by atoms with van der Waals surface area (Å²) in [6, 6.07) is 26.4. The molecule has 7 heteroatoms. The molecule has 33 heavy (non-hydrogen) atoms. The number of aromatic amines is 1. The lowest BCUT2D eigenvalue weighted by molar-refractivity contribution is 0.677. The number of rotatable bonds is 5. The summed E-state index contributed by atoms with van der Waals surface area (Å²) in [5, 5.41) is 19.0. The number of nitrogens with zero attached hydrogens (tertiary/aromatic N) is 6. The summed E-state index contributed by atoms with van der Waals surface area (Å²) in [6.45, 7) is 2.61. The zero-order chi connectivity index (χ0) is 22.5. The molecule has 5 aromatic rings. The van der Waals surface area contributed by atoms with Crippen molar-refractivity contribution in [2.45, 2.75) is 19.9 Å². The van der Waals surface area contributed by atoms with Gasteiger partial charge in [-0.1, -0.05) is 91.7 Å². The molecule has 0 unspecified atom stereocenters. The van der Waals surface area contributed by atoms with Gasteiger partial charge in [-0.2, -0.15) is 4.98 Å². The highest BCUT2D eigenvalue weighted by Gasteiger charge is 2.12. The Morgan fingerprint density at radius 1 is 0.848 bits per heavy atom. The van der Waals surface area contributed by atoms with Gasteiger partial charge in [-0.05, 0) is 33.0 Å². The maximum atomic E-state index is 4.73. The maximum absolute atomic E-state index is 4.73. The predicted molar refractivity (Wildman–Crippen MR) is 127 cm³/mol. The number of H-pyrrole nitrogens is 1. The highest BCUT2D eigenvalue weighted by molar-refractivity contribution is 5.80. The molecule has 2 heterocycles. The number of aromatic nitrogens is 7. The lowest BCUT2D eigenvalue weighted by Gasteiger charge is -2.09. The molecule has 5 rings (SSSR count). The van der Waals surface area contributed by atoms with Crippen LogP contribution in [0.3, 0.4) is 0 Å². The van der Waals surface area contributed by atoms with Gasteiger partial charge in [0, 0.05) is 17.5 Å². The van der Waals surface area contributed by atoms with Crippen molar-refractivity contribution >= 4 is 0 Å². The predicted octanol–water partition coefficient (Wildman–Crippen LogP) is 4.60. The molecule has 0 fully saturated rings. The zero-order valence-electron chi connectivity index (χ0n) is 18.1. The molecule has 0 amide bonds. The van der Waals surface area contributed by atoms with Gasteiger partial charge in [-0.25, -0.2) is 9.78 Å². The fraction of sp³-hybridized carbons (Fsp3) is 0.115. The van der Waals surface area contributed by atoms with Gasteiger partial charge in [0.1, 0.15) is 0 Å². The third-order valence-corrected chi connectivity index (χ3v) is 5.21. The van der Waals surface area contributed by atoms with E-state index in [0.717, 1.165) is 34.2 Å². The third kappa shape index (κ3) is 4.41. The molecular formula is C26H21N7. The number of tetrazole rings is 1. The van der Waals surface area contributed by atoms with Crippen LogP contribution in [0, 0.1) is 11.8 Å². The molecule has 3 aromatic carbocycles. The van der Waals surface area contributed by atoms with Crippen molar-refractivity contribution in [2.24, 2.45) is 0 Å². The van der Waals surface area contributed by atoms with Gasteiger partial charge < -0.3 is 0 Å². The van der Waals surface area contributed by atoms with E-state index in [2.05, 4.69) is 67.8 Å². The second kappa shape index (κ2) is 9.28. The largest absolute Gasteiger partial charge is 0.239 e. The van der Waals surface area contributed by atoms with Gasteiger partial charge in [-0.3, -0.25) is 0 Å². The average molecular weight is 432 g/mol. The molecule has 1 N–H and O–H groups in total. The van der Waals surface area contributed by atoms with E-state index in [1.54, 1.807) is 0 Å². The first-order valence-corrected chi connectivity index (χ1v) is 10.7. The first-order chi connectivity index (χ1) is 16.3. The molecule has 0 radical (unpaired) electrons. The van der Waals surface area contributed by atoms with Gasteiger partial charge in [0.2, 0.25) is 5.82 Å². The van der Waals surface area contributed by atoms with Crippen molar-refractivity contribution in [3.05, 3.63) is 90.3 Å². The lowest BCUT2D eigenvalue weighted by atomic mass is 9.98. The Morgan fingerprint density at radius 3 is 2.33 bits per heavy atom. The molecular weight excluding hydrogens is 410 g/mol. The highest BCUT2D eigenvalue weighted by Crippen LogP contribution is 2.29. The molecule has 0 aliphatic rings. The fourth-order valence-corrected chi connectivity index (χ4v) is 3.60. The molecule has 7 nitrogen and oxygen atoms in total. The van der Waals surface area contributed by atoms with E-state index in [1.807, 2.05) is 60.1 Å². The Morgan fingerprint density at radius 2 is 1.61 bits per heavy atom. The molecule has 0 atom stereocenters. The van der Waals surface area contributed by atoms with Crippen LogP contribution in [0.25, 0.3) is 33.9 Å². The van der Waals surface area contributed by atoms with Crippen LogP contribution in [-0.4, -0.2) is 35.4 Å². The van der Waals surface area contributed by atoms with Crippen LogP contribution < -0.4 is 0 Å². The highest BCUT2D eigenvalue weighted by atomic mass is 15.5. The second-order valence-corrected chi connectivity index (χ2v) is 7.43. The van der Waals surface area contributed by atoms with Crippen LogP contribution >= 0.6 is 0 Å². The van der Waals surface area contributed by atoms with Crippen LogP contribution in [0.1, 0.15) is 24.7 Å². The van der Waals surface area contributed by atoms with E-state index in [1.165, 1.54) is 0 Å². The maximum Gasteiger partial charge on any atom is 0.204 e. The van der Waals surface area contributed by atoms with E-state index in [0.29, 0.717) is 24.0 Å². The summed E-state index contributed by atoms with van der Waals surface area (Å²) < 4.78 is 1.87. The SMILES string of the molecule is CCC#Cc1nc(-c2ccccc2)nn1Cc1ccc(-c2ccccc2-c2nnn[nH]2)cc1. The van der Waals surface area contributed by atoms with E-state index in [4.69, 9.17) is 5.10 Å². The Balaban J connectivity index is 1.44. The first kappa shape index (κ1) is 20.3. The summed E-state index contributed by atoms with van der Waals surface area (Å²) >= 11 is 0. The second-order valence-electron chi connectivity index (χ2n) is 7.43. The van der Waals surface area contributed by atoms with Crippen molar-refractivity contribution in [3.8, 4) is 45.7 Å². The Bertz CT molecular complexity index is 1410. The topological polar surface area (TPSA) is 85.2 Å². The van der Waals surface area contributed by atoms with Crippen LogP contribution in [0.15, 0.2) is 78.9 Å². The number of nitrogens with one attached hydrogen (secondary N) is 1. The minimum atomic E-state index is 0.585. The van der Waals surface area contributed by atoms with Crippen molar-refractivity contribution in [1.82, 2.24) is 35.4 Å². The fourth-order valence-electron chi connectivity index (χ4n) is 3.60. The van der Waals surface area contributed by atoms with Crippen LogP contribution in [0.5, 0.6) is 0 Å². The van der Waals surface area contributed by atoms with Crippen molar-refractivity contribution in [1.29, 1.82) is 0 Å². The van der Waals surface area contributed by atoms with Crippen molar-refractivity contribution < 1.29 is 0 Å². The smallest absolute Gasteiger partial charge is 0.204 e. The monoisotopic (exact) mass is 431 g/mol. The normalized spacial score (nSPS) is 10.6. The molecule has 0 saturated heterocycles. The van der Waals surface area contributed by atoms with Gasteiger partial charge in [0.05, 0.1) is 6.54 Å². The summed E-state index contributed by atoms with van der Waals surface area (Å²) in [5.41, 5.74) is 5.19. The summed E-state index contributed by atoms with van der Waals surface area (Å²) in [6.07, 6.45) is 0.766. The Labute approximate surface area is 191 Å². The van der Waals surface area contributed by atoms with E-state index in [9.17, 15) is 0 Å². The summed E-state index contributed by atoms with van der Waals surface area (Å²) in [4.78, 5) is 4.68. The minimum absolute atomic E-state index is 0.585. The molecule has 160 valence electrons. The molecule has 0 bridgehead atoms. The Hall–Kier alpha value is -4.57. The third-order valence-electron chi connectivity index (χ3n) is 5.21. The van der Waals surface area contributed by atoms with E-state index < -0.39 is 0 Å². The number of benzene rings is 3. The first-order valence-electron chi connectivity index (χ1n) is 10.7. The zero-order valence-corrected chi connectivity index (χ0v) is 18.1. The minimum Gasteiger partial charge on any atom is -0.239 e. The van der Waals surface area contributed by atoms with E-state index >= 15 is 0 Å². The lowest BCUT2D eigenvalue weighted by Crippen LogP contribution is -2.05. The van der Waals surface area contributed by atoms with Crippen molar-refractivity contribution in [2.75, 3.05) is 0 Å². The van der Waals surface area contributed by atoms with Gasteiger partial charge in [-0.15, -0.1) is 10.2 Å². The standard InChI is InChI=1S/C26H21N7/c1-2-3-13-24-27-25(21-9-5-4-6-10-21)30-33(24)18-19-14-16-20(17-15-19)22-11-7-8-12-23(22)26-28-31-32-29-26/h4-12,14-17H,2,18H2,1H3,(H,28,29,31,32). The molecule has 0 saturated carbocycles. The van der Waals surface area contributed by atoms with Gasteiger partial charge in [0.25, 0.3) is 0 Å². The molecule has 0 aliphatic carbocycles. The number of hydrogen-bond donors (Lipinski definition) is 1.